The van der Waals surface area contributed by atoms with Crippen LogP contribution in [0.2, 0.25) is 0 Å². The highest BCUT2D eigenvalue weighted by molar-refractivity contribution is 6.06. The average molecular weight is 493 g/mol. The van der Waals surface area contributed by atoms with Gasteiger partial charge in [-0.3, -0.25) is 19.8 Å². The quantitative estimate of drug-likeness (QED) is 0.511. The fourth-order valence-corrected chi connectivity index (χ4v) is 3.56. The second-order valence-corrected chi connectivity index (χ2v) is 7.71. The molecule has 1 N–H and O–H groups in total. The molecular weight excluding hydrogens is 476 g/mol. The Balaban J connectivity index is 1.50. The Labute approximate surface area is 195 Å². The van der Waals surface area contributed by atoms with Crippen molar-refractivity contribution in [1.29, 1.82) is 0 Å². The van der Waals surface area contributed by atoms with Crippen LogP contribution < -0.4 is 5.32 Å². The first-order chi connectivity index (χ1) is 16.5. The molecule has 4 rings (SSSR count). The van der Waals surface area contributed by atoms with E-state index < -0.39 is 35.3 Å². The number of nitrogens with zero attached hydrogens (tertiary/aromatic N) is 4. The number of aromatic nitrogens is 2. The maximum Gasteiger partial charge on any atom is 0.417 e. The molecule has 1 aromatic carbocycles. The second kappa shape index (κ2) is 9.35. The maximum atomic E-state index is 12.9. The first kappa shape index (κ1) is 24.2. The number of carbonyl (C=O) groups is 1. The molecule has 0 spiro atoms. The van der Waals surface area contributed by atoms with Gasteiger partial charge in [-0.05, 0) is 48.5 Å². The van der Waals surface area contributed by atoms with Crippen molar-refractivity contribution >= 4 is 17.3 Å². The Morgan fingerprint density at radius 1 is 0.914 bits per heavy atom. The van der Waals surface area contributed by atoms with E-state index in [1.54, 1.807) is 12.1 Å². The minimum atomic E-state index is -4.52. The van der Waals surface area contributed by atoms with Crippen LogP contribution in [-0.2, 0) is 17.1 Å². The third-order valence-corrected chi connectivity index (χ3v) is 5.24. The molecule has 1 unspecified atom stereocenters. The number of alkyl halides is 6. The fraction of sp³-hybridized carbons (Fsp3) is 0.217. The van der Waals surface area contributed by atoms with Crippen LogP contribution in [0.5, 0.6) is 0 Å². The van der Waals surface area contributed by atoms with Gasteiger partial charge in [0.2, 0.25) is 5.91 Å². The summed E-state index contributed by atoms with van der Waals surface area (Å²) >= 11 is 0. The van der Waals surface area contributed by atoms with Crippen molar-refractivity contribution < 1.29 is 31.1 Å². The van der Waals surface area contributed by atoms with Crippen molar-refractivity contribution in [2.24, 2.45) is 5.10 Å². The zero-order valence-corrected chi connectivity index (χ0v) is 17.8. The molecule has 35 heavy (non-hydrogen) atoms. The van der Waals surface area contributed by atoms with Gasteiger partial charge in [-0.15, -0.1) is 0 Å². The average Bonchev–Trinajstić information content (AvgIpc) is 3.22. The van der Waals surface area contributed by atoms with E-state index in [-0.39, 0.29) is 18.8 Å². The monoisotopic (exact) mass is 493 g/mol. The normalized spacial score (nSPS) is 16.2. The molecule has 3 heterocycles. The van der Waals surface area contributed by atoms with Crippen LogP contribution in [0.3, 0.4) is 0 Å². The number of nitrogens with one attached hydrogen (secondary N) is 1. The summed E-state index contributed by atoms with van der Waals surface area (Å²) in [5.74, 6) is -1.04. The third kappa shape index (κ3) is 5.76. The summed E-state index contributed by atoms with van der Waals surface area (Å²) in [5, 5.41) is 8.41. The first-order valence-electron chi connectivity index (χ1n) is 10.2. The van der Waals surface area contributed by atoms with Gasteiger partial charge in [0, 0.05) is 29.8 Å². The molecule has 0 bridgehead atoms. The van der Waals surface area contributed by atoms with E-state index in [9.17, 15) is 31.1 Å². The number of hydrazone groups is 1. The molecule has 1 aliphatic heterocycles. The number of amides is 1. The third-order valence-electron chi connectivity index (χ3n) is 5.24. The summed E-state index contributed by atoms with van der Waals surface area (Å²) in [5.41, 5.74) is -0.0250. The van der Waals surface area contributed by atoms with Crippen LogP contribution in [0, 0.1) is 0 Å². The van der Waals surface area contributed by atoms with Gasteiger partial charge >= 0.3 is 12.4 Å². The van der Waals surface area contributed by atoms with Crippen molar-refractivity contribution in [3.63, 3.8) is 0 Å². The van der Waals surface area contributed by atoms with Gasteiger partial charge < -0.3 is 5.32 Å². The molecule has 0 aliphatic carbocycles. The van der Waals surface area contributed by atoms with Crippen molar-refractivity contribution in [2.45, 2.75) is 18.3 Å². The standard InChI is InChI=1S/C23H17F6N5O/c24-22(25,26)15-1-4-17(5-2-15)32-20(35)13-34-12-18(21(33-34)14-7-9-30-10-8-14)19-6-3-16(11-31-19)23(27,28)29/h1-11,18H,12-13H2,(H,32,35). The van der Waals surface area contributed by atoms with Gasteiger partial charge in [0.15, 0.2) is 0 Å². The fourth-order valence-electron chi connectivity index (χ4n) is 3.56. The number of rotatable bonds is 5. The number of hydrogen-bond donors (Lipinski definition) is 1. The van der Waals surface area contributed by atoms with E-state index in [2.05, 4.69) is 20.4 Å². The SMILES string of the molecule is O=C(CN1CC(c2ccc(C(F)(F)F)cn2)C(c2ccncc2)=N1)Nc1ccc(C(F)(F)F)cc1. The predicted octanol–water partition coefficient (Wildman–Crippen LogP) is 4.96. The van der Waals surface area contributed by atoms with E-state index >= 15 is 0 Å². The summed E-state index contributed by atoms with van der Waals surface area (Å²) in [6, 6.07) is 9.58. The van der Waals surface area contributed by atoms with Crippen LogP contribution in [0.4, 0.5) is 32.0 Å². The lowest BCUT2D eigenvalue weighted by Crippen LogP contribution is -2.29. The van der Waals surface area contributed by atoms with Gasteiger partial charge in [-0.25, -0.2) is 0 Å². The maximum absolute atomic E-state index is 12.9. The van der Waals surface area contributed by atoms with E-state index in [0.717, 1.165) is 36.5 Å². The molecule has 2 aromatic heterocycles. The van der Waals surface area contributed by atoms with Crippen LogP contribution >= 0.6 is 0 Å². The van der Waals surface area contributed by atoms with Crippen LogP contribution in [0.15, 0.2) is 72.2 Å². The van der Waals surface area contributed by atoms with E-state index in [4.69, 9.17) is 0 Å². The van der Waals surface area contributed by atoms with Gasteiger partial charge in [0.1, 0.15) is 6.54 Å². The van der Waals surface area contributed by atoms with Crippen LogP contribution in [0.25, 0.3) is 0 Å². The lowest BCUT2D eigenvalue weighted by atomic mass is 9.94. The van der Waals surface area contributed by atoms with E-state index in [1.165, 1.54) is 23.5 Å². The number of halogens is 6. The number of benzene rings is 1. The number of pyridine rings is 2. The first-order valence-corrected chi connectivity index (χ1v) is 10.2. The van der Waals surface area contributed by atoms with Gasteiger partial charge in [-0.2, -0.15) is 31.4 Å². The topological polar surface area (TPSA) is 70.5 Å². The zero-order valence-electron chi connectivity index (χ0n) is 17.8. The highest BCUT2D eigenvalue weighted by Crippen LogP contribution is 2.32. The van der Waals surface area contributed by atoms with E-state index in [1.807, 2.05) is 0 Å². The Hall–Kier alpha value is -3.96. The summed E-state index contributed by atoms with van der Waals surface area (Å²) in [6.07, 6.45) is -5.19. The second-order valence-electron chi connectivity index (χ2n) is 7.71. The van der Waals surface area contributed by atoms with Gasteiger partial charge in [-0.1, -0.05) is 0 Å². The van der Waals surface area contributed by atoms with E-state index in [0.29, 0.717) is 17.0 Å². The molecule has 0 radical (unpaired) electrons. The largest absolute Gasteiger partial charge is 0.417 e. The number of anilines is 1. The van der Waals surface area contributed by atoms with Crippen molar-refractivity contribution in [3.8, 4) is 0 Å². The summed E-state index contributed by atoms with van der Waals surface area (Å²) in [4.78, 5) is 20.4. The van der Waals surface area contributed by atoms with Gasteiger partial charge in [0.25, 0.3) is 0 Å². The minimum Gasteiger partial charge on any atom is -0.324 e. The molecule has 1 aliphatic rings. The molecule has 0 fully saturated rings. The lowest BCUT2D eigenvalue weighted by Gasteiger charge is -2.16. The van der Waals surface area contributed by atoms with Crippen LogP contribution in [-0.4, -0.2) is 39.7 Å². The number of carbonyl (C=O) groups excluding carboxylic acids is 1. The molecule has 3 aromatic rings. The van der Waals surface area contributed by atoms with Crippen molar-refractivity contribution in [1.82, 2.24) is 15.0 Å². The highest BCUT2D eigenvalue weighted by atomic mass is 19.4. The van der Waals surface area contributed by atoms with Crippen LogP contribution in [0.1, 0.15) is 28.3 Å². The summed E-state index contributed by atoms with van der Waals surface area (Å²) in [7, 11) is 0. The Morgan fingerprint density at radius 2 is 1.54 bits per heavy atom. The molecule has 1 atom stereocenters. The lowest BCUT2D eigenvalue weighted by molar-refractivity contribution is -0.138. The minimum absolute atomic E-state index is 0.163. The van der Waals surface area contributed by atoms with Gasteiger partial charge in [0.05, 0.1) is 35.0 Å². The Bertz CT molecular complexity index is 1210. The van der Waals surface area contributed by atoms with Crippen molar-refractivity contribution in [3.05, 3.63) is 89.5 Å². The predicted molar refractivity (Wildman–Crippen MR) is 114 cm³/mol. The summed E-state index contributed by atoms with van der Waals surface area (Å²) in [6.45, 7) is -0.0663. The molecule has 0 saturated carbocycles. The molecule has 182 valence electrons. The van der Waals surface area contributed by atoms with Crippen molar-refractivity contribution in [2.75, 3.05) is 18.4 Å². The zero-order chi connectivity index (χ0) is 25.2. The summed E-state index contributed by atoms with van der Waals surface area (Å²) < 4.78 is 76.9. The smallest absolute Gasteiger partial charge is 0.324 e. The molecule has 6 nitrogen and oxygen atoms in total. The number of hydrogen-bond acceptors (Lipinski definition) is 5. The molecule has 1 amide bonds. The molecular formula is C23H17F6N5O. The Morgan fingerprint density at radius 3 is 2.11 bits per heavy atom. The highest BCUT2D eigenvalue weighted by Gasteiger charge is 2.34. The molecule has 0 saturated heterocycles. The molecule has 12 heteroatoms. The Kier molecular flexibility index (Phi) is 6.46.